The molecule has 0 atom stereocenters. The molecule has 0 spiro atoms. The normalized spacial score (nSPS) is 11.7. The first-order chi connectivity index (χ1) is 14.0. The average Bonchev–Trinajstić information content (AvgIpc) is 3.14. The predicted octanol–water partition coefficient (Wildman–Crippen LogP) is 3.52. The van der Waals surface area contributed by atoms with Crippen LogP contribution in [0.25, 0.3) is 21.2 Å². The Bertz CT molecular complexity index is 1310. The molecular formula is C21H21N3O4S. The molecule has 0 amide bonds. The van der Waals surface area contributed by atoms with Gasteiger partial charge in [0.05, 0.1) is 12.1 Å². The van der Waals surface area contributed by atoms with Crippen LogP contribution in [0.5, 0.6) is 5.75 Å². The number of aromatic nitrogens is 2. The zero-order valence-corrected chi connectivity index (χ0v) is 17.0. The van der Waals surface area contributed by atoms with E-state index in [2.05, 4.69) is 21.8 Å². The Labute approximate surface area is 170 Å². The Morgan fingerprint density at radius 2 is 2.07 bits per heavy atom. The van der Waals surface area contributed by atoms with Crippen molar-refractivity contribution in [2.45, 2.75) is 33.4 Å². The Hall–Kier alpha value is -2.97. The lowest BCUT2D eigenvalue weighted by Gasteiger charge is -2.22. The topological polar surface area (TPSA) is 99.4 Å². The molecule has 0 radical (unpaired) electrons. The van der Waals surface area contributed by atoms with Gasteiger partial charge in [0.2, 0.25) is 0 Å². The van der Waals surface area contributed by atoms with Gasteiger partial charge in [0, 0.05) is 23.6 Å². The van der Waals surface area contributed by atoms with E-state index in [9.17, 15) is 14.7 Å². The largest absolute Gasteiger partial charge is 0.508 e. The van der Waals surface area contributed by atoms with Crippen LogP contribution in [0.1, 0.15) is 30.3 Å². The van der Waals surface area contributed by atoms with Crippen LogP contribution in [0.4, 0.5) is 0 Å². The quantitative estimate of drug-likeness (QED) is 0.471. The van der Waals surface area contributed by atoms with Gasteiger partial charge in [0.1, 0.15) is 21.9 Å². The van der Waals surface area contributed by atoms with E-state index in [-0.39, 0.29) is 11.3 Å². The zero-order valence-electron chi connectivity index (χ0n) is 16.2. The summed E-state index contributed by atoms with van der Waals surface area (Å²) in [5.41, 5.74) is 1.86. The van der Waals surface area contributed by atoms with Crippen molar-refractivity contribution in [2.75, 3.05) is 6.54 Å². The summed E-state index contributed by atoms with van der Waals surface area (Å²) in [7, 11) is 0. The number of fused-ring (bicyclic) bond motifs is 2. The number of benzene rings is 1. The van der Waals surface area contributed by atoms with E-state index in [0.29, 0.717) is 40.3 Å². The number of rotatable bonds is 6. The van der Waals surface area contributed by atoms with Crippen molar-refractivity contribution in [3.8, 4) is 5.75 Å². The van der Waals surface area contributed by atoms with Gasteiger partial charge in [-0.3, -0.25) is 9.69 Å². The van der Waals surface area contributed by atoms with Crippen molar-refractivity contribution < 1.29 is 9.52 Å². The highest BCUT2D eigenvalue weighted by molar-refractivity contribution is 7.17. The molecule has 0 saturated carbocycles. The van der Waals surface area contributed by atoms with Crippen LogP contribution in [-0.4, -0.2) is 26.5 Å². The highest BCUT2D eigenvalue weighted by atomic mass is 32.1. The van der Waals surface area contributed by atoms with E-state index in [4.69, 9.17) is 4.42 Å². The smallest absolute Gasteiger partial charge is 0.336 e. The number of aryl methyl sites for hydroxylation is 1. The third-order valence-corrected chi connectivity index (χ3v) is 5.79. The molecule has 29 heavy (non-hydrogen) atoms. The molecule has 0 aliphatic heterocycles. The van der Waals surface area contributed by atoms with Crippen molar-refractivity contribution in [3.05, 3.63) is 67.4 Å². The molecule has 0 aliphatic carbocycles. The first-order valence-corrected chi connectivity index (χ1v) is 10.3. The number of phenolic OH excluding ortho intramolecular Hbond substituents is 1. The lowest BCUT2D eigenvalue weighted by molar-refractivity contribution is 0.251. The van der Waals surface area contributed by atoms with Crippen molar-refractivity contribution in [1.29, 1.82) is 0 Å². The van der Waals surface area contributed by atoms with E-state index in [1.165, 1.54) is 17.4 Å². The molecule has 150 valence electrons. The maximum atomic E-state index is 12.3. The van der Waals surface area contributed by atoms with Crippen molar-refractivity contribution in [2.24, 2.45) is 0 Å². The van der Waals surface area contributed by atoms with Gasteiger partial charge in [-0.25, -0.2) is 9.78 Å². The van der Waals surface area contributed by atoms with Gasteiger partial charge < -0.3 is 14.5 Å². The summed E-state index contributed by atoms with van der Waals surface area (Å²) in [4.78, 5) is 33.9. The van der Waals surface area contributed by atoms with Crippen LogP contribution in [-0.2, 0) is 13.1 Å². The fraction of sp³-hybridized carbons (Fsp3) is 0.286. The van der Waals surface area contributed by atoms with Gasteiger partial charge in [-0.15, -0.1) is 11.3 Å². The minimum Gasteiger partial charge on any atom is -0.508 e. The van der Waals surface area contributed by atoms with Crippen molar-refractivity contribution in [1.82, 2.24) is 14.9 Å². The van der Waals surface area contributed by atoms with Gasteiger partial charge in [-0.2, -0.15) is 0 Å². The standard InChI is InChI=1S/C21H21N3O4S/c1-3-7-24(11-17-22-15-6-8-29-20(15)21(27)23-17)10-13-9-18(26)28-19-12(2)16(25)5-4-14(13)19/h4-6,8-9,25H,3,7,10-11H2,1-2H3,(H,22,23,27). The van der Waals surface area contributed by atoms with Crippen LogP contribution in [0.3, 0.4) is 0 Å². The Morgan fingerprint density at radius 3 is 2.86 bits per heavy atom. The number of aromatic amines is 1. The summed E-state index contributed by atoms with van der Waals surface area (Å²) in [6.07, 6.45) is 0.907. The predicted molar refractivity (Wildman–Crippen MR) is 114 cm³/mol. The Balaban J connectivity index is 1.70. The molecule has 3 aromatic heterocycles. The van der Waals surface area contributed by atoms with Crippen LogP contribution in [0.15, 0.2) is 43.7 Å². The van der Waals surface area contributed by atoms with Crippen molar-refractivity contribution in [3.63, 3.8) is 0 Å². The maximum Gasteiger partial charge on any atom is 0.336 e. The lowest BCUT2D eigenvalue weighted by Crippen LogP contribution is -2.26. The van der Waals surface area contributed by atoms with Gasteiger partial charge in [-0.05, 0) is 49.0 Å². The number of hydrogen-bond donors (Lipinski definition) is 2. The van der Waals surface area contributed by atoms with Gasteiger partial charge in [0.25, 0.3) is 5.56 Å². The first-order valence-electron chi connectivity index (χ1n) is 9.40. The second-order valence-electron chi connectivity index (χ2n) is 7.04. The number of aromatic hydroxyl groups is 1. The molecule has 2 N–H and O–H groups in total. The third kappa shape index (κ3) is 3.81. The second kappa shape index (κ2) is 7.81. The van der Waals surface area contributed by atoms with E-state index < -0.39 is 5.63 Å². The number of nitrogens with zero attached hydrogens (tertiary/aromatic N) is 2. The van der Waals surface area contributed by atoms with Crippen LogP contribution in [0.2, 0.25) is 0 Å². The fourth-order valence-corrected chi connectivity index (χ4v) is 4.25. The van der Waals surface area contributed by atoms with Crippen LogP contribution >= 0.6 is 11.3 Å². The summed E-state index contributed by atoms with van der Waals surface area (Å²) in [5, 5.41) is 12.6. The Morgan fingerprint density at radius 1 is 1.24 bits per heavy atom. The summed E-state index contributed by atoms with van der Waals surface area (Å²) in [5.74, 6) is 0.685. The fourth-order valence-electron chi connectivity index (χ4n) is 3.53. The molecule has 4 aromatic rings. The van der Waals surface area contributed by atoms with E-state index in [1.54, 1.807) is 19.1 Å². The molecule has 1 aromatic carbocycles. The summed E-state index contributed by atoms with van der Waals surface area (Å²) < 4.78 is 5.96. The van der Waals surface area contributed by atoms with E-state index in [1.807, 2.05) is 11.4 Å². The van der Waals surface area contributed by atoms with Gasteiger partial charge in [-0.1, -0.05) is 6.92 Å². The number of nitrogens with one attached hydrogen (secondary N) is 1. The Kier molecular flexibility index (Phi) is 5.21. The van der Waals surface area contributed by atoms with Crippen LogP contribution in [0, 0.1) is 6.92 Å². The zero-order chi connectivity index (χ0) is 20.5. The number of hydrogen-bond acceptors (Lipinski definition) is 7. The third-order valence-electron chi connectivity index (χ3n) is 4.89. The number of H-pyrrole nitrogens is 1. The minimum atomic E-state index is -0.455. The second-order valence-corrected chi connectivity index (χ2v) is 7.95. The van der Waals surface area contributed by atoms with Crippen molar-refractivity contribution >= 4 is 32.5 Å². The van der Waals surface area contributed by atoms with Gasteiger partial charge >= 0.3 is 5.63 Å². The van der Waals surface area contributed by atoms with Crippen LogP contribution < -0.4 is 11.2 Å². The molecule has 0 fully saturated rings. The van der Waals surface area contributed by atoms with E-state index >= 15 is 0 Å². The summed E-state index contributed by atoms with van der Waals surface area (Å²) >= 11 is 1.37. The molecule has 0 aliphatic rings. The highest BCUT2D eigenvalue weighted by Crippen LogP contribution is 2.28. The maximum absolute atomic E-state index is 12.3. The monoisotopic (exact) mass is 411 g/mol. The lowest BCUT2D eigenvalue weighted by atomic mass is 10.1. The van der Waals surface area contributed by atoms with Gasteiger partial charge in [0.15, 0.2) is 0 Å². The molecular weight excluding hydrogens is 390 g/mol. The molecule has 0 bridgehead atoms. The van der Waals surface area contributed by atoms with E-state index in [0.717, 1.165) is 23.9 Å². The highest BCUT2D eigenvalue weighted by Gasteiger charge is 2.15. The molecule has 3 heterocycles. The number of thiophene rings is 1. The summed E-state index contributed by atoms with van der Waals surface area (Å²) in [6.45, 7) is 5.51. The summed E-state index contributed by atoms with van der Waals surface area (Å²) in [6, 6.07) is 6.69. The molecule has 4 rings (SSSR count). The SMILES string of the molecule is CCCN(Cc1nc2ccsc2c(=O)[nH]1)Cc1cc(=O)oc2c(C)c(O)ccc12. The molecule has 0 saturated heterocycles. The molecule has 7 nitrogen and oxygen atoms in total. The molecule has 8 heteroatoms. The first kappa shape index (κ1) is 19.4. The number of phenols is 1. The molecule has 0 unspecified atom stereocenters. The average molecular weight is 411 g/mol. The minimum absolute atomic E-state index is 0.0917.